The minimum atomic E-state index is 0.00436. The van der Waals surface area contributed by atoms with E-state index in [1.54, 1.807) is 6.08 Å². The average Bonchev–Trinajstić information content (AvgIpc) is 3.03. The normalized spacial score (nSPS) is 22.2. The molecule has 2 amide bonds. The SMILES string of the molecule is C=CCOCC(=O)N1CC2CCC1CN2C(=O)c1sc(C(C)C)nc1C. The van der Waals surface area contributed by atoms with Crippen molar-refractivity contribution in [3.63, 3.8) is 0 Å². The minimum absolute atomic E-state index is 0.00436. The van der Waals surface area contributed by atoms with E-state index in [4.69, 9.17) is 4.74 Å². The molecule has 4 heterocycles. The summed E-state index contributed by atoms with van der Waals surface area (Å²) in [5.74, 6) is 0.392. The quantitative estimate of drug-likeness (QED) is 0.565. The van der Waals surface area contributed by atoms with Crippen molar-refractivity contribution >= 4 is 23.2 Å². The number of fused-ring (bicyclic) bond motifs is 3. The van der Waals surface area contributed by atoms with Gasteiger partial charge in [-0.15, -0.1) is 17.9 Å². The summed E-state index contributed by atoms with van der Waals surface area (Å²) in [6, 6.07) is 0.168. The summed E-state index contributed by atoms with van der Waals surface area (Å²) in [5.41, 5.74) is 0.816. The lowest BCUT2D eigenvalue weighted by Gasteiger charge is -2.51. The van der Waals surface area contributed by atoms with Crippen LogP contribution in [0.15, 0.2) is 12.7 Å². The van der Waals surface area contributed by atoms with Crippen LogP contribution in [0.2, 0.25) is 0 Å². The van der Waals surface area contributed by atoms with Crippen LogP contribution in [0.3, 0.4) is 0 Å². The van der Waals surface area contributed by atoms with E-state index < -0.39 is 0 Å². The first-order valence-electron chi connectivity index (χ1n) is 9.18. The summed E-state index contributed by atoms with van der Waals surface area (Å²) < 4.78 is 5.29. The number of hydrogen-bond acceptors (Lipinski definition) is 5. The molecule has 3 aliphatic heterocycles. The molecule has 0 saturated carbocycles. The Hall–Kier alpha value is -1.73. The number of amides is 2. The molecular formula is C19H27N3O3S. The molecule has 3 saturated heterocycles. The van der Waals surface area contributed by atoms with Gasteiger partial charge in [0.15, 0.2) is 0 Å². The van der Waals surface area contributed by atoms with Crippen molar-refractivity contribution in [2.75, 3.05) is 26.3 Å². The number of thiazole rings is 1. The fraction of sp³-hybridized carbons (Fsp3) is 0.632. The van der Waals surface area contributed by atoms with Crippen molar-refractivity contribution in [1.29, 1.82) is 0 Å². The van der Waals surface area contributed by atoms with E-state index in [0.29, 0.717) is 25.6 Å². The standard InChI is InChI=1S/C19H27N3O3S/c1-5-8-25-11-16(23)21-9-15-7-6-14(21)10-22(15)19(24)17-13(4)20-18(26-17)12(2)3/h5,12,14-15H,1,6-11H2,2-4H3. The topological polar surface area (TPSA) is 62.7 Å². The van der Waals surface area contributed by atoms with Gasteiger partial charge in [0.1, 0.15) is 11.5 Å². The van der Waals surface area contributed by atoms with E-state index in [2.05, 4.69) is 25.4 Å². The van der Waals surface area contributed by atoms with Crippen LogP contribution in [0.1, 0.15) is 53.0 Å². The third kappa shape index (κ3) is 3.69. The Kier molecular flexibility index (Phi) is 5.77. The van der Waals surface area contributed by atoms with Gasteiger partial charge in [-0.3, -0.25) is 9.59 Å². The highest BCUT2D eigenvalue weighted by atomic mass is 32.1. The lowest BCUT2D eigenvalue weighted by molar-refractivity contribution is -0.145. The monoisotopic (exact) mass is 377 g/mol. The van der Waals surface area contributed by atoms with E-state index in [1.807, 2.05) is 16.7 Å². The number of carbonyl (C=O) groups excluding carboxylic acids is 2. The van der Waals surface area contributed by atoms with Gasteiger partial charge in [0.2, 0.25) is 5.91 Å². The first-order valence-corrected chi connectivity index (χ1v) is 10.0. The highest BCUT2D eigenvalue weighted by Crippen LogP contribution is 2.32. The molecule has 7 heteroatoms. The maximum atomic E-state index is 13.1. The predicted octanol–water partition coefficient (Wildman–Crippen LogP) is 2.59. The van der Waals surface area contributed by atoms with Gasteiger partial charge in [-0.25, -0.2) is 4.98 Å². The van der Waals surface area contributed by atoms with Crippen LogP contribution in [0, 0.1) is 6.92 Å². The minimum Gasteiger partial charge on any atom is -0.368 e. The van der Waals surface area contributed by atoms with Gasteiger partial charge in [0.05, 0.1) is 17.3 Å². The first kappa shape index (κ1) is 19.0. The fourth-order valence-corrected chi connectivity index (χ4v) is 4.71. The van der Waals surface area contributed by atoms with Crippen molar-refractivity contribution in [3.05, 3.63) is 28.2 Å². The van der Waals surface area contributed by atoms with E-state index in [1.165, 1.54) is 11.3 Å². The Morgan fingerprint density at radius 1 is 1.31 bits per heavy atom. The van der Waals surface area contributed by atoms with Gasteiger partial charge in [-0.2, -0.15) is 0 Å². The van der Waals surface area contributed by atoms with E-state index in [-0.39, 0.29) is 30.5 Å². The molecule has 4 rings (SSSR count). The highest BCUT2D eigenvalue weighted by molar-refractivity contribution is 7.13. The molecule has 1 aromatic rings. The zero-order chi connectivity index (χ0) is 18.8. The number of hydrogen-bond donors (Lipinski definition) is 0. The Balaban J connectivity index is 1.68. The van der Waals surface area contributed by atoms with Crippen molar-refractivity contribution in [2.24, 2.45) is 0 Å². The van der Waals surface area contributed by atoms with Crippen LogP contribution in [0.25, 0.3) is 0 Å². The molecule has 3 aliphatic rings. The van der Waals surface area contributed by atoms with E-state index >= 15 is 0 Å². The summed E-state index contributed by atoms with van der Waals surface area (Å²) in [4.78, 5) is 34.6. The van der Waals surface area contributed by atoms with Crippen LogP contribution in [0.5, 0.6) is 0 Å². The Morgan fingerprint density at radius 3 is 2.50 bits per heavy atom. The lowest BCUT2D eigenvalue weighted by Crippen LogP contribution is -2.65. The molecule has 2 unspecified atom stereocenters. The molecule has 142 valence electrons. The van der Waals surface area contributed by atoms with Gasteiger partial charge in [0.25, 0.3) is 5.91 Å². The smallest absolute Gasteiger partial charge is 0.266 e. The zero-order valence-electron chi connectivity index (χ0n) is 15.7. The Labute approximate surface area is 158 Å². The van der Waals surface area contributed by atoms with Crippen molar-refractivity contribution in [3.8, 4) is 0 Å². The fourth-order valence-electron chi connectivity index (χ4n) is 3.69. The third-order valence-corrected chi connectivity index (χ3v) is 6.52. The molecule has 0 N–H and O–H groups in total. The number of piperidine rings is 2. The molecule has 26 heavy (non-hydrogen) atoms. The van der Waals surface area contributed by atoms with Gasteiger partial charge in [-0.05, 0) is 19.8 Å². The highest BCUT2D eigenvalue weighted by Gasteiger charge is 2.43. The largest absolute Gasteiger partial charge is 0.368 e. The Morgan fingerprint density at radius 2 is 1.96 bits per heavy atom. The zero-order valence-corrected chi connectivity index (χ0v) is 16.6. The lowest BCUT2D eigenvalue weighted by atomic mass is 9.90. The summed E-state index contributed by atoms with van der Waals surface area (Å²) in [6.07, 6.45) is 3.53. The van der Waals surface area contributed by atoms with Crippen LogP contribution < -0.4 is 0 Å². The number of aryl methyl sites for hydroxylation is 1. The van der Waals surface area contributed by atoms with Gasteiger partial charge in [-0.1, -0.05) is 19.9 Å². The van der Waals surface area contributed by atoms with Gasteiger partial charge < -0.3 is 14.5 Å². The summed E-state index contributed by atoms with van der Waals surface area (Å²) in [5, 5.41) is 1.00. The van der Waals surface area contributed by atoms with Crippen LogP contribution in [-0.2, 0) is 9.53 Å². The average molecular weight is 378 g/mol. The van der Waals surface area contributed by atoms with Crippen LogP contribution >= 0.6 is 11.3 Å². The van der Waals surface area contributed by atoms with Crippen LogP contribution in [0.4, 0.5) is 0 Å². The summed E-state index contributed by atoms with van der Waals surface area (Å²) in [7, 11) is 0. The number of nitrogens with zero attached hydrogens (tertiary/aromatic N) is 3. The Bertz CT molecular complexity index is 700. The molecule has 2 bridgehead atoms. The number of piperazine rings is 1. The van der Waals surface area contributed by atoms with Gasteiger partial charge >= 0.3 is 0 Å². The molecule has 0 aromatic carbocycles. The van der Waals surface area contributed by atoms with E-state index in [9.17, 15) is 9.59 Å². The van der Waals surface area contributed by atoms with E-state index in [0.717, 1.165) is 28.4 Å². The van der Waals surface area contributed by atoms with Crippen molar-refractivity contribution < 1.29 is 14.3 Å². The summed E-state index contributed by atoms with van der Waals surface area (Å²) >= 11 is 1.51. The molecule has 6 nitrogen and oxygen atoms in total. The second-order valence-corrected chi connectivity index (χ2v) is 8.34. The second kappa shape index (κ2) is 7.88. The summed E-state index contributed by atoms with van der Waals surface area (Å²) in [6.45, 7) is 11.3. The molecule has 0 spiro atoms. The van der Waals surface area contributed by atoms with Crippen molar-refractivity contribution in [1.82, 2.24) is 14.8 Å². The maximum absolute atomic E-state index is 13.1. The predicted molar refractivity (Wildman–Crippen MR) is 102 cm³/mol. The number of aromatic nitrogens is 1. The molecule has 0 aliphatic carbocycles. The second-order valence-electron chi connectivity index (χ2n) is 7.31. The first-order chi connectivity index (χ1) is 12.4. The third-order valence-electron chi connectivity index (χ3n) is 5.07. The molecule has 3 fully saturated rings. The molecular weight excluding hydrogens is 350 g/mol. The molecule has 0 radical (unpaired) electrons. The van der Waals surface area contributed by atoms with Crippen LogP contribution in [-0.4, -0.2) is 65.0 Å². The maximum Gasteiger partial charge on any atom is 0.266 e. The number of carbonyl (C=O) groups is 2. The number of rotatable bonds is 6. The molecule has 1 aromatic heterocycles. The van der Waals surface area contributed by atoms with Crippen molar-refractivity contribution in [2.45, 2.75) is 51.6 Å². The van der Waals surface area contributed by atoms with Gasteiger partial charge in [0, 0.05) is 31.1 Å². The molecule has 2 atom stereocenters. The number of ether oxygens (including phenoxy) is 1.